The van der Waals surface area contributed by atoms with Gasteiger partial charge in [-0.2, -0.15) is 0 Å². The quantitative estimate of drug-likeness (QED) is 0.459. The Hall–Kier alpha value is -3.23. The van der Waals surface area contributed by atoms with Crippen molar-refractivity contribution in [3.05, 3.63) is 47.5 Å². The molecule has 14 heteroatoms. The van der Waals surface area contributed by atoms with Gasteiger partial charge in [-0.05, 0) is 36.8 Å². The second-order valence-corrected chi connectivity index (χ2v) is 10.9. The number of methoxy groups -OCH3 is 1. The molecule has 0 bridgehead atoms. The van der Waals surface area contributed by atoms with Crippen molar-refractivity contribution in [2.45, 2.75) is 31.5 Å². The molecule has 0 unspecified atom stereocenters. The fourth-order valence-electron chi connectivity index (χ4n) is 4.82. The zero-order valence-electron chi connectivity index (χ0n) is 19.7. The van der Waals surface area contributed by atoms with Crippen LogP contribution in [0.5, 0.6) is 0 Å². The van der Waals surface area contributed by atoms with E-state index in [0.717, 1.165) is 21.9 Å². The van der Waals surface area contributed by atoms with Crippen LogP contribution in [0.4, 0.5) is 28.2 Å². The van der Waals surface area contributed by atoms with Gasteiger partial charge in [0.1, 0.15) is 23.7 Å². The second kappa shape index (κ2) is 8.96. The van der Waals surface area contributed by atoms with Crippen LogP contribution in [0.3, 0.4) is 0 Å². The van der Waals surface area contributed by atoms with Crippen LogP contribution in [0, 0.1) is 11.6 Å². The first-order valence-corrected chi connectivity index (χ1v) is 12.9. The lowest BCUT2D eigenvalue weighted by Crippen LogP contribution is -2.51. The third-order valence-corrected chi connectivity index (χ3v) is 8.02. The van der Waals surface area contributed by atoms with Crippen molar-refractivity contribution in [1.29, 1.82) is 0 Å². The van der Waals surface area contributed by atoms with Gasteiger partial charge in [0.15, 0.2) is 11.4 Å². The summed E-state index contributed by atoms with van der Waals surface area (Å²) in [6.07, 6.45) is 0. The van der Waals surface area contributed by atoms with E-state index in [1.807, 2.05) is 4.72 Å². The van der Waals surface area contributed by atoms with Gasteiger partial charge in [-0.3, -0.25) is 4.90 Å². The molecule has 3 aromatic rings. The van der Waals surface area contributed by atoms with Crippen LogP contribution in [-0.2, 0) is 21.4 Å². The van der Waals surface area contributed by atoms with Crippen molar-refractivity contribution in [1.82, 2.24) is 14.8 Å². The normalized spacial score (nSPS) is 21.3. The molecule has 2 atom stereocenters. The molecule has 2 aliphatic rings. The fraction of sp³-hybridized carbons (Fsp3) is 0.391. The van der Waals surface area contributed by atoms with Gasteiger partial charge in [0.25, 0.3) is 5.92 Å². The lowest BCUT2D eigenvalue weighted by atomic mass is 9.97. The third kappa shape index (κ3) is 4.12. The number of amides is 2. The van der Waals surface area contributed by atoms with Crippen LogP contribution in [0.15, 0.2) is 34.9 Å². The molecule has 0 aliphatic carbocycles. The maximum Gasteiger partial charge on any atom is 0.326 e. The number of ether oxygens (including phenoxy) is 1. The van der Waals surface area contributed by atoms with Crippen LogP contribution in [0.25, 0.3) is 22.1 Å². The molecule has 2 amide bonds. The number of carbonyl (C=O) groups excluding carboxylic acids is 1. The van der Waals surface area contributed by atoms with E-state index in [0.29, 0.717) is 5.56 Å². The van der Waals surface area contributed by atoms with Crippen LogP contribution < -0.4 is 9.62 Å². The van der Waals surface area contributed by atoms with E-state index in [1.165, 1.54) is 32.2 Å². The molecular formula is C23H22F4N4O5S. The summed E-state index contributed by atoms with van der Waals surface area (Å²) in [7, 11) is -2.52. The Balaban J connectivity index is 1.58. The number of benzene rings is 2. The lowest BCUT2D eigenvalue weighted by molar-refractivity contribution is -0.0324. The molecule has 1 aromatic heterocycles. The molecule has 2 aromatic carbocycles. The van der Waals surface area contributed by atoms with E-state index < -0.39 is 70.1 Å². The smallest absolute Gasteiger partial charge is 0.326 e. The highest BCUT2D eigenvalue weighted by Crippen LogP contribution is 2.44. The molecule has 0 radical (unpaired) electrons. The number of halogens is 4. The number of nitrogens with zero attached hydrogens (tertiary/aromatic N) is 3. The van der Waals surface area contributed by atoms with E-state index in [4.69, 9.17) is 9.26 Å². The van der Waals surface area contributed by atoms with Crippen LogP contribution in [0.1, 0.15) is 12.5 Å². The molecule has 2 aliphatic heterocycles. The summed E-state index contributed by atoms with van der Waals surface area (Å²) in [5, 5.41) is 3.96. The minimum Gasteiger partial charge on any atom is -0.380 e. The van der Waals surface area contributed by atoms with Gasteiger partial charge >= 0.3 is 6.03 Å². The number of hydrogen-bond acceptors (Lipinski definition) is 6. The first-order chi connectivity index (χ1) is 17.5. The lowest BCUT2D eigenvalue weighted by Gasteiger charge is -2.23. The summed E-state index contributed by atoms with van der Waals surface area (Å²) in [5.74, 6) is -5.92. The summed E-state index contributed by atoms with van der Waals surface area (Å²) in [5.41, 5.74) is 0.182. The standard InChI is InChI=1S/C23H22F4N4O5S/c1-3-37(33,34)29-17-9-30-18(23(17,26)27)10-31(22(30)32)21-20-13(19-14(24)5-4-6-15(19)25)7-12(11-35-2)8-16(20)36-28-21/h4-8,17-18,29H,3,9-11H2,1-2H3/t17-,18-/m1/s1. The molecule has 1 N–H and O–H groups in total. The highest BCUT2D eigenvalue weighted by Gasteiger charge is 2.63. The predicted octanol–water partition coefficient (Wildman–Crippen LogP) is 3.49. The Morgan fingerprint density at radius 1 is 1.22 bits per heavy atom. The summed E-state index contributed by atoms with van der Waals surface area (Å²) in [6.45, 7) is 0.285. The maximum atomic E-state index is 15.2. The van der Waals surface area contributed by atoms with Crippen molar-refractivity contribution in [3.8, 4) is 11.1 Å². The fourth-order valence-corrected chi connectivity index (χ4v) is 5.65. The van der Waals surface area contributed by atoms with E-state index in [1.54, 1.807) is 0 Å². The van der Waals surface area contributed by atoms with Gasteiger partial charge in [-0.15, -0.1) is 0 Å². The zero-order valence-corrected chi connectivity index (χ0v) is 20.5. The summed E-state index contributed by atoms with van der Waals surface area (Å²) < 4.78 is 96.3. The van der Waals surface area contributed by atoms with Gasteiger partial charge in [-0.25, -0.2) is 35.5 Å². The predicted molar refractivity (Wildman–Crippen MR) is 125 cm³/mol. The monoisotopic (exact) mass is 542 g/mol. The average molecular weight is 543 g/mol. The molecule has 0 spiro atoms. The average Bonchev–Trinajstić information content (AvgIpc) is 3.46. The van der Waals surface area contributed by atoms with Gasteiger partial charge in [0.05, 0.1) is 29.9 Å². The SMILES string of the molecule is CCS(=O)(=O)N[C@@H]1CN2C(=O)N(c3noc4cc(COC)cc(-c5c(F)cccc5F)c34)C[C@@H]2C1(F)F. The highest BCUT2D eigenvalue weighted by atomic mass is 32.2. The highest BCUT2D eigenvalue weighted by molar-refractivity contribution is 7.89. The van der Waals surface area contributed by atoms with Gasteiger partial charge in [-0.1, -0.05) is 11.2 Å². The Morgan fingerprint density at radius 2 is 1.92 bits per heavy atom. The van der Waals surface area contributed by atoms with Crippen molar-refractivity contribution < 1.29 is 40.0 Å². The molecule has 3 heterocycles. The van der Waals surface area contributed by atoms with E-state index in [9.17, 15) is 22.0 Å². The first kappa shape index (κ1) is 25.4. The zero-order chi connectivity index (χ0) is 26.7. The van der Waals surface area contributed by atoms with Crippen molar-refractivity contribution in [2.24, 2.45) is 0 Å². The molecule has 2 fully saturated rings. The Bertz CT molecular complexity index is 1480. The van der Waals surface area contributed by atoms with Gasteiger partial charge in [0, 0.05) is 19.2 Å². The van der Waals surface area contributed by atoms with Crippen LogP contribution in [0.2, 0.25) is 0 Å². The van der Waals surface area contributed by atoms with E-state index >= 15 is 8.78 Å². The van der Waals surface area contributed by atoms with E-state index in [2.05, 4.69) is 5.16 Å². The van der Waals surface area contributed by atoms with Crippen LogP contribution in [-0.4, -0.2) is 68.5 Å². The largest absolute Gasteiger partial charge is 0.380 e. The molecular weight excluding hydrogens is 520 g/mol. The molecule has 198 valence electrons. The minimum atomic E-state index is -3.95. The summed E-state index contributed by atoms with van der Waals surface area (Å²) >= 11 is 0. The Kier molecular flexibility index (Phi) is 6.15. The molecule has 0 saturated carbocycles. The van der Waals surface area contributed by atoms with Crippen LogP contribution >= 0.6 is 0 Å². The summed E-state index contributed by atoms with van der Waals surface area (Å²) in [6, 6.07) is 2.00. The van der Waals surface area contributed by atoms with Crippen molar-refractivity contribution in [2.75, 3.05) is 30.9 Å². The molecule has 37 heavy (non-hydrogen) atoms. The topological polar surface area (TPSA) is 105 Å². The number of aromatic nitrogens is 1. The number of fused-ring (bicyclic) bond motifs is 2. The number of carbonyl (C=O) groups is 1. The molecule has 9 nitrogen and oxygen atoms in total. The number of anilines is 1. The van der Waals surface area contributed by atoms with Crippen molar-refractivity contribution in [3.63, 3.8) is 0 Å². The second-order valence-electron chi connectivity index (χ2n) is 8.86. The maximum absolute atomic E-state index is 15.2. The summed E-state index contributed by atoms with van der Waals surface area (Å²) in [4.78, 5) is 15.1. The molecule has 2 saturated heterocycles. The minimum absolute atomic E-state index is 0.0107. The number of urea groups is 1. The number of sulfonamides is 1. The first-order valence-electron chi connectivity index (χ1n) is 11.3. The van der Waals surface area contributed by atoms with E-state index in [-0.39, 0.29) is 29.0 Å². The number of hydrogen-bond donors (Lipinski definition) is 1. The Labute approximate surface area is 209 Å². The number of nitrogens with one attached hydrogen (secondary N) is 1. The number of alkyl halides is 2. The molecule has 5 rings (SSSR count). The van der Waals surface area contributed by atoms with Gasteiger partial charge in [0.2, 0.25) is 10.0 Å². The third-order valence-electron chi connectivity index (χ3n) is 6.61. The number of rotatable bonds is 7. The van der Waals surface area contributed by atoms with Gasteiger partial charge < -0.3 is 14.2 Å². The Morgan fingerprint density at radius 3 is 2.54 bits per heavy atom. The van der Waals surface area contributed by atoms with Crippen molar-refractivity contribution >= 4 is 32.8 Å².